The summed E-state index contributed by atoms with van der Waals surface area (Å²) < 4.78 is 54.8. The fourth-order valence-electron chi connectivity index (χ4n) is 4.54. The number of nitrogens with one attached hydrogen (secondary N) is 2. The van der Waals surface area contributed by atoms with E-state index in [1.165, 1.54) is 9.47 Å². The van der Waals surface area contributed by atoms with Gasteiger partial charge in [-0.1, -0.05) is 6.07 Å². The monoisotopic (exact) mass is 496 g/mol. The van der Waals surface area contributed by atoms with Crippen LogP contribution >= 0.6 is 0 Å². The molecule has 0 radical (unpaired) electrons. The minimum absolute atomic E-state index is 0.0468. The van der Waals surface area contributed by atoms with E-state index in [0.29, 0.717) is 12.6 Å². The van der Waals surface area contributed by atoms with Gasteiger partial charge in [0.15, 0.2) is 11.4 Å². The number of rotatable bonds is 6. The second kappa shape index (κ2) is 8.47. The first kappa shape index (κ1) is 23.8. The maximum absolute atomic E-state index is 14.0. The number of aromatic nitrogens is 1. The summed E-state index contributed by atoms with van der Waals surface area (Å²) in [6.45, 7) is 1.82. The van der Waals surface area contributed by atoms with Crippen LogP contribution in [0.15, 0.2) is 23.0 Å². The van der Waals surface area contributed by atoms with Crippen LogP contribution in [-0.4, -0.2) is 54.2 Å². The van der Waals surface area contributed by atoms with Gasteiger partial charge in [-0.05, 0) is 19.4 Å². The molecule has 2 aromatic rings. The van der Waals surface area contributed by atoms with Gasteiger partial charge in [0.05, 0.1) is 24.0 Å². The number of sulfonamides is 1. The molecule has 34 heavy (non-hydrogen) atoms. The molecule has 4 rings (SSSR count). The first-order valence-electron chi connectivity index (χ1n) is 10.4. The van der Waals surface area contributed by atoms with E-state index in [1.807, 2.05) is 0 Å². The van der Waals surface area contributed by atoms with Gasteiger partial charge in [-0.3, -0.25) is 14.4 Å². The number of carbonyl (C=O) groups is 2. The average molecular weight is 496 g/mol. The lowest BCUT2D eigenvalue weighted by molar-refractivity contribution is 0.0675. The molecule has 10 nitrogen and oxygen atoms in total. The molecule has 1 aromatic heterocycles. The molecule has 0 aliphatic carbocycles. The van der Waals surface area contributed by atoms with Crippen LogP contribution in [0.4, 0.5) is 8.78 Å². The molecule has 2 aliphatic rings. The third-order valence-corrected chi connectivity index (χ3v) is 6.68. The van der Waals surface area contributed by atoms with E-state index in [1.54, 1.807) is 6.92 Å². The second-order valence-electron chi connectivity index (χ2n) is 8.25. The SMILES string of the molecule is CCN1CC2C[C@@H](NS(C)(=O)=O)c3c(C(=O)NCc4ccc(F)cc4F)c(=O)c(O)c(n32)C1=O. The molecule has 3 N–H and O–H groups in total. The normalized spacial score (nSPS) is 19.3. The van der Waals surface area contributed by atoms with Crippen LogP contribution < -0.4 is 15.5 Å². The molecular formula is C21H22F2N4O6S. The Kier molecular flexibility index (Phi) is 5.94. The predicted octanol–water partition coefficient (Wildman–Crippen LogP) is 0.773. The quantitative estimate of drug-likeness (QED) is 0.540. The number of benzene rings is 1. The summed E-state index contributed by atoms with van der Waals surface area (Å²) in [5, 5.41) is 13.0. The minimum Gasteiger partial charge on any atom is -0.503 e. The van der Waals surface area contributed by atoms with Crippen LogP contribution in [-0.2, 0) is 16.6 Å². The highest BCUT2D eigenvalue weighted by Crippen LogP contribution is 2.42. The van der Waals surface area contributed by atoms with E-state index in [-0.39, 0.29) is 29.9 Å². The Morgan fingerprint density at radius 2 is 1.97 bits per heavy atom. The number of hydrogen-bond acceptors (Lipinski definition) is 6. The number of likely N-dealkylation sites (N-methyl/N-ethyl adjacent to an activating group) is 1. The van der Waals surface area contributed by atoms with Crippen molar-refractivity contribution in [1.29, 1.82) is 0 Å². The van der Waals surface area contributed by atoms with Crippen molar-refractivity contribution in [3.63, 3.8) is 0 Å². The molecule has 13 heteroatoms. The number of nitrogens with zero attached hydrogens (tertiary/aromatic N) is 2. The molecule has 0 spiro atoms. The third-order valence-electron chi connectivity index (χ3n) is 5.97. The summed E-state index contributed by atoms with van der Waals surface area (Å²) in [5.41, 5.74) is -2.10. The highest BCUT2D eigenvalue weighted by atomic mass is 32.2. The zero-order valence-corrected chi connectivity index (χ0v) is 19.1. The maximum atomic E-state index is 14.0. The fourth-order valence-corrected chi connectivity index (χ4v) is 5.26. The lowest BCUT2D eigenvalue weighted by Crippen LogP contribution is -2.44. The largest absolute Gasteiger partial charge is 0.503 e. The number of pyridine rings is 1. The first-order valence-corrected chi connectivity index (χ1v) is 12.3. The molecule has 0 saturated carbocycles. The Morgan fingerprint density at radius 1 is 1.26 bits per heavy atom. The van der Waals surface area contributed by atoms with E-state index < -0.39 is 68.8 Å². The number of amides is 2. The lowest BCUT2D eigenvalue weighted by Gasteiger charge is -2.33. The Labute approximate surface area is 193 Å². The van der Waals surface area contributed by atoms with Crippen molar-refractivity contribution in [3.8, 4) is 5.75 Å². The summed E-state index contributed by atoms with van der Waals surface area (Å²) in [6.07, 6.45) is 1.06. The molecular weight excluding hydrogens is 474 g/mol. The van der Waals surface area contributed by atoms with Crippen molar-refractivity contribution in [1.82, 2.24) is 19.5 Å². The molecule has 182 valence electrons. The van der Waals surface area contributed by atoms with Gasteiger partial charge in [0, 0.05) is 31.3 Å². The van der Waals surface area contributed by atoms with Gasteiger partial charge < -0.3 is 19.9 Å². The molecule has 2 amide bonds. The molecule has 0 saturated heterocycles. The van der Waals surface area contributed by atoms with Crippen molar-refractivity contribution < 1.29 is 31.9 Å². The fraction of sp³-hybridized carbons (Fsp3) is 0.381. The Hall–Kier alpha value is -3.32. The number of aromatic hydroxyl groups is 1. The molecule has 3 heterocycles. The Balaban J connectivity index is 1.82. The topological polar surface area (TPSA) is 138 Å². The van der Waals surface area contributed by atoms with Gasteiger partial charge in [-0.15, -0.1) is 0 Å². The summed E-state index contributed by atoms with van der Waals surface area (Å²) in [4.78, 5) is 40.4. The standard InChI is InChI=1S/C21H22F2N4O6S/c1-3-26-9-12-7-14(25-34(2,32)33)16-15(18(28)19(29)17(21(26)31)27(12)16)20(30)24-8-10-4-5-11(22)6-13(10)23/h4-6,12,14,25,29H,3,7-9H2,1-2H3,(H,24,30)/t12?,14-/m1/s1. The summed E-state index contributed by atoms with van der Waals surface area (Å²) in [7, 11) is -3.78. The van der Waals surface area contributed by atoms with Crippen LogP contribution in [0, 0.1) is 11.6 Å². The van der Waals surface area contributed by atoms with Gasteiger partial charge in [0.25, 0.3) is 11.8 Å². The molecule has 1 unspecified atom stereocenters. The van der Waals surface area contributed by atoms with Gasteiger partial charge in [0.1, 0.15) is 17.2 Å². The van der Waals surface area contributed by atoms with Gasteiger partial charge >= 0.3 is 0 Å². The Bertz CT molecular complexity index is 1370. The van der Waals surface area contributed by atoms with E-state index in [0.717, 1.165) is 18.4 Å². The number of halogens is 2. The van der Waals surface area contributed by atoms with Crippen molar-refractivity contribution >= 4 is 21.8 Å². The van der Waals surface area contributed by atoms with Crippen LogP contribution in [0.1, 0.15) is 57.5 Å². The van der Waals surface area contributed by atoms with Crippen LogP contribution in [0.3, 0.4) is 0 Å². The van der Waals surface area contributed by atoms with Crippen molar-refractivity contribution in [3.05, 3.63) is 62.6 Å². The number of carbonyl (C=O) groups excluding carboxylic acids is 2. The van der Waals surface area contributed by atoms with Crippen LogP contribution in [0.5, 0.6) is 5.75 Å². The minimum atomic E-state index is -3.78. The summed E-state index contributed by atoms with van der Waals surface area (Å²) in [6, 6.07) is 1.27. The van der Waals surface area contributed by atoms with Crippen molar-refractivity contribution in [2.75, 3.05) is 19.3 Å². The zero-order chi connectivity index (χ0) is 24.9. The predicted molar refractivity (Wildman–Crippen MR) is 116 cm³/mol. The van der Waals surface area contributed by atoms with Crippen molar-refractivity contribution in [2.24, 2.45) is 0 Å². The van der Waals surface area contributed by atoms with Crippen LogP contribution in [0.25, 0.3) is 0 Å². The van der Waals surface area contributed by atoms with Crippen LogP contribution in [0.2, 0.25) is 0 Å². The molecule has 0 fully saturated rings. The second-order valence-corrected chi connectivity index (χ2v) is 10.0. The maximum Gasteiger partial charge on any atom is 0.274 e. The smallest absolute Gasteiger partial charge is 0.274 e. The molecule has 2 aliphatic heterocycles. The molecule has 1 aromatic carbocycles. The zero-order valence-electron chi connectivity index (χ0n) is 18.3. The van der Waals surface area contributed by atoms with E-state index >= 15 is 0 Å². The van der Waals surface area contributed by atoms with Gasteiger partial charge in [-0.2, -0.15) is 0 Å². The van der Waals surface area contributed by atoms with Gasteiger partial charge in [0.2, 0.25) is 15.5 Å². The lowest BCUT2D eigenvalue weighted by atomic mass is 10.0. The third kappa shape index (κ3) is 4.05. The van der Waals surface area contributed by atoms with E-state index in [4.69, 9.17) is 0 Å². The molecule has 0 bridgehead atoms. The van der Waals surface area contributed by atoms with Gasteiger partial charge in [-0.25, -0.2) is 21.9 Å². The molecule has 2 atom stereocenters. The highest BCUT2D eigenvalue weighted by molar-refractivity contribution is 7.88. The van der Waals surface area contributed by atoms with E-state index in [9.17, 15) is 36.7 Å². The van der Waals surface area contributed by atoms with E-state index in [2.05, 4.69) is 10.0 Å². The number of hydrogen-bond donors (Lipinski definition) is 3. The highest BCUT2D eigenvalue weighted by Gasteiger charge is 2.45. The summed E-state index contributed by atoms with van der Waals surface area (Å²) >= 11 is 0. The first-order chi connectivity index (χ1) is 15.9. The summed E-state index contributed by atoms with van der Waals surface area (Å²) in [5.74, 6) is -4.24. The average Bonchev–Trinajstić information content (AvgIpc) is 3.07. The van der Waals surface area contributed by atoms with Crippen molar-refractivity contribution in [2.45, 2.75) is 32.0 Å². The Morgan fingerprint density at radius 3 is 2.59 bits per heavy atom.